The number of benzene rings is 1. The maximum absolute atomic E-state index is 14.0. The summed E-state index contributed by atoms with van der Waals surface area (Å²) < 4.78 is 19.2. The number of nitrogens with zero attached hydrogens (tertiary/aromatic N) is 1. The van der Waals surface area contributed by atoms with Crippen LogP contribution in [0.3, 0.4) is 0 Å². The molecule has 1 aromatic rings. The molecule has 1 aromatic carbocycles. The van der Waals surface area contributed by atoms with E-state index in [2.05, 4.69) is 4.90 Å². The van der Waals surface area contributed by atoms with Crippen molar-refractivity contribution in [3.05, 3.63) is 35.1 Å². The Morgan fingerprint density at radius 2 is 2.32 bits per heavy atom. The van der Waals surface area contributed by atoms with Gasteiger partial charge < -0.3 is 10.5 Å². The SMILES string of the molecule is COCC1CCN(C(CN)c2cc(C)ccc2F)C1. The van der Waals surface area contributed by atoms with Gasteiger partial charge in [0.25, 0.3) is 0 Å². The number of halogens is 1. The maximum atomic E-state index is 14.0. The van der Waals surface area contributed by atoms with Crippen molar-refractivity contribution in [2.45, 2.75) is 19.4 Å². The molecule has 0 spiro atoms. The molecule has 19 heavy (non-hydrogen) atoms. The normalized spacial score (nSPS) is 21.8. The summed E-state index contributed by atoms with van der Waals surface area (Å²) in [4.78, 5) is 2.28. The third-order valence-corrected chi connectivity index (χ3v) is 3.89. The van der Waals surface area contributed by atoms with Gasteiger partial charge in [-0.3, -0.25) is 4.90 Å². The molecule has 0 aliphatic carbocycles. The molecule has 1 fully saturated rings. The number of ether oxygens (including phenoxy) is 1. The van der Waals surface area contributed by atoms with Crippen LogP contribution in [0.1, 0.15) is 23.6 Å². The first kappa shape index (κ1) is 14.4. The lowest BCUT2D eigenvalue weighted by Gasteiger charge is -2.27. The Labute approximate surface area is 114 Å². The highest BCUT2D eigenvalue weighted by Gasteiger charge is 2.29. The summed E-state index contributed by atoms with van der Waals surface area (Å²) in [5.74, 6) is 0.378. The van der Waals surface area contributed by atoms with Crippen molar-refractivity contribution < 1.29 is 9.13 Å². The van der Waals surface area contributed by atoms with Crippen molar-refractivity contribution in [2.75, 3.05) is 33.4 Å². The molecule has 2 rings (SSSR count). The van der Waals surface area contributed by atoms with Crippen LogP contribution in [-0.2, 0) is 4.74 Å². The van der Waals surface area contributed by atoms with Crippen LogP contribution in [-0.4, -0.2) is 38.3 Å². The molecular formula is C15H23FN2O. The van der Waals surface area contributed by atoms with Crippen LogP contribution in [0.4, 0.5) is 4.39 Å². The van der Waals surface area contributed by atoms with Gasteiger partial charge in [0.1, 0.15) is 5.82 Å². The number of nitrogens with two attached hydrogens (primary N) is 1. The first-order valence-corrected chi connectivity index (χ1v) is 6.84. The van der Waals surface area contributed by atoms with Gasteiger partial charge in [0, 0.05) is 31.8 Å². The lowest BCUT2D eigenvalue weighted by atomic mass is 10.0. The molecule has 0 aromatic heterocycles. The third-order valence-electron chi connectivity index (χ3n) is 3.89. The Balaban J connectivity index is 2.14. The molecule has 2 atom stereocenters. The summed E-state index contributed by atoms with van der Waals surface area (Å²) in [5, 5.41) is 0. The molecule has 4 heteroatoms. The Hall–Kier alpha value is -0.970. The minimum absolute atomic E-state index is 0.0262. The van der Waals surface area contributed by atoms with Gasteiger partial charge in [0.05, 0.1) is 6.61 Å². The highest BCUT2D eigenvalue weighted by molar-refractivity contribution is 5.27. The highest BCUT2D eigenvalue weighted by atomic mass is 19.1. The largest absolute Gasteiger partial charge is 0.384 e. The molecule has 0 radical (unpaired) electrons. The minimum Gasteiger partial charge on any atom is -0.384 e. The third kappa shape index (κ3) is 3.32. The smallest absolute Gasteiger partial charge is 0.128 e. The summed E-state index contributed by atoms with van der Waals surface area (Å²) in [7, 11) is 1.73. The second-order valence-electron chi connectivity index (χ2n) is 5.38. The number of hydrogen-bond acceptors (Lipinski definition) is 3. The van der Waals surface area contributed by atoms with Crippen molar-refractivity contribution in [2.24, 2.45) is 11.7 Å². The van der Waals surface area contributed by atoms with Crippen LogP contribution >= 0.6 is 0 Å². The Kier molecular flexibility index (Phi) is 4.91. The topological polar surface area (TPSA) is 38.5 Å². The van der Waals surface area contributed by atoms with Gasteiger partial charge in [0.2, 0.25) is 0 Å². The van der Waals surface area contributed by atoms with E-state index in [1.54, 1.807) is 13.2 Å². The number of methoxy groups -OCH3 is 1. The molecule has 0 saturated carbocycles. The van der Waals surface area contributed by atoms with Gasteiger partial charge in [0.15, 0.2) is 0 Å². The summed E-state index contributed by atoms with van der Waals surface area (Å²) in [6.45, 7) is 5.09. The molecule has 1 heterocycles. The molecular weight excluding hydrogens is 243 g/mol. The summed E-state index contributed by atoms with van der Waals surface area (Å²) in [6, 6.07) is 5.22. The molecule has 1 aliphatic heterocycles. The summed E-state index contributed by atoms with van der Waals surface area (Å²) in [6.07, 6.45) is 1.10. The van der Waals surface area contributed by atoms with E-state index in [9.17, 15) is 4.39 Å². The highest BCUT2D eigenvalue weighted by Crippen LogP contribution is 2.29. The van der Waals surface area contributed by atoms with Crippen molar-refractivity contribution in [3.8, 4) is 0 Å². The van der Waals surface area contributed by atoms with E-state index in [1.165, 1.54) is 6.07 Å². The van der Waals surface area contributed by atoms with Gasteiger partial charge in [-0.1, -0.05) is 17.7 Å². The molecule has 3 nitrogen and oxygen atoms in total. The van der Waals surface area contributed by atoms with Crippen molar-refractivity contribution in [3.63, 3.8) is 0 Å². The fourth-order valence-corrected chi connectivity index (χ4v) is 2.91. The monoisotopic (exact) mass is 266 g/mol. The summed E-state index contributed by atoms with van der Waals surface area (Å²) in [5.41, 5.74) is 7.68. The first-order chi connectivity index (χ1) is 9.15. The van der Waals surface area contributed by atoms with Crippen LogP contribution in [0.5, 0.6) is 0 Å². The number of hydrogen-bond donors (Lipinski definition) is 1. The Bertz CT molecular complexity index is 425. The summed E-state index contributed by atoms with van der Waals surface area (Å²) >= 11 is 0. The van der Waals surface area contributed by atoms with E-state index >= 15 is 0 Å². The second-order valence-corrected chi connectivity index (χ2v) is 5.38. The van der Waals surface area contributed by atoms with E-state index in [0.29, 0.717) is 12.5 Å². The van der Waals surface area contributed by atoms with Gasteiger partial charge in [-0.2, -0.15) is 0 Å². The van der Waals surface area contributed by atoms with Crippen LogP contribution in [0.2, 0.25) is 0 Å². The number of likely N-dealkylation sites (tertiary alicyclic amines) is 1. The van der Waals surface area contributed by atoms with E-state index in [1.807, 2.05) is 13.0 Å². The molecule has 1 aliphatic rings. The Morgan fingerprint density at radius 3 is 3.00 bits per heavy atom. The van der Waals surface area contributed by atoms with Gasteiger partial charge in [-0.15, -0.1) is 0 Å². The number of rotatable bonds is 5. The standard InChI is InChI=1S/C15H23FN2O/c1-11-3-4-14(16)13(7-11)15(8-17)18-6-5-12(9-18)10-19-2/h3-4,7,12,15H,5-6,8-10,17H2,1-2H3. The van der Waals surface area contributed by atoms with Crippen molar-refractivity contribution >= 4 is 0 Å². The number of aryl methyl sites for hydroxylation is 1. The van der Waals surface area contributed by atoms with Crippen LogP contribution < -0.4 is 5.73 Å². The predicted molar refractivity (Wildman–Crippen MR) is 74.5 cm³/mol. The fourth-order valence-electron chi connectivity index (χ4n) is 2.91. The maximum Gasteiger partial charge on any atom is 0.128 e. The first-order valence-electron chi connectivity index (χ1n) is 6.84. The van der Waals surface area contributed by atoms with E-state index < -0.39 is 0 Å². The lowest BCUT2D eigenvalue weighted by Crippen LogP contribution is -2.33. The molecule has 106 valence electrons. The molecule has 2 N–H and O–H groups in total. The van der Waals surface area contributed by atoms with Crippen molar-refractivity contribution in [1.29, 1.82) is 0 Å². The van der Waals surface area contributed by atoms with E-state index in [0.717, 1.165) is 37.2 Å². The predicted octanol–water partition coefficient (Wildman–Crippen LogP) is 2.10. The van der Waals surface area contributed by atoms with Crippen LogP contribution in [0, 0.1) is 18.7 Å². The minimum atomic E-state index is -0.156. The molecule has 0 amide bonds. The molecule has 1 saturated heterocycles. The molecule has 2 unspecified atom stereocenters. The van der Waals surface area contributed by atoms with Crippen LogP contribution in [0.25, 0.3) is 0 Å². The zero-order valence-electron chi connectivity index (χ0n) is 11.7. The quantitative estimate of drug-likeness (QED) is 0.887. The van der Waals surface area contributed by atoms with Gasteiger partial charge in [-0.25, -0.2) is 4.39 Å². The average Bonchev–Trinajstić information content (AvgIpc) is 2.83. The fraction of sp³-hybridized carbons (Fsp3) is 0.600. The van der Waals surface area contributed by atoms with E-state index in [4.69, 9.17) is 10.5 Å². The van der Waals surface area contributed by atoms with Gasteiger partial charge >= 0.3 is 0 Å². The lowest BCUT2D eigenvalue weighted by molar-refractivity contribution is 0.147. The van der Waals surface area contributed by atoms with Gasteiger partial charge in [-0.05, 0) is 31.9 Å². The zero-order valence-corrected chi connectivity index (χ0v) is 11.7. The molecule has 0 bridgehead atoms. The average molecular weight is 266 g/mol. The van der Waals surface area contributed by atoms with Crippen LogP contribution in [0.15, 0.2) is 18.2 Å². The zero-order chi connectivity index (χ0) is 13.8. The Morgan fingerprint density at radius 1 is 1.53 bits per heavy atom. The van der Waals surface area contributed by atoms with E-state index in [-0.39, 0.29) is 11.9 Å². The van der Waals surface area contributed by atoms with Crippen molar-refractivity contribution in [1.82, 2.24) is 4.90 Å². The second kappa shape index (κ2) is 6.46.